The number of nitrogens with one attached hydrogen (secondary N) is 1. The Kier molecular flexibility index (Phi) is 7.21. The number of piperidine rings is 1. The molecule has 1 atom stereocenters. The molecule has 1 amide bonds. The first-order valence-electron chi connectivity index (χ1n) is 9.44. The van der Waals surface area contributed by atoms with Gasteiger partial charge >= 0.3 is 0 Å². The molecule has 0 unspecified atom stereocenters. The van der Waals surface area contributed by atoms with E-state index in [1.54, 1.807) is 11.8 Å². The average Bonchev–Trinajstić information content (AvgIpc) is 3.19. The summed E-state index contributed by atoms with van der Waals surface area (Å²) >= 11 is 1.79. The normalized spacial score (nSPS) is 17.1. The first kappa shape index (κ1) is 19.1. The number of amides is 1. The van der Waals surface area contributed by atoms with Crippen molar-refractivity contribution in [1.82, 2.24) is 14.8 Å². The van der Waals surface area contributed by atoms with Crippen LogP contribution >= 0.6 is 11.8 Å². The minimum absolute atomic E-state index is 0.0974. The SMILES string of the molecule is CSCC[C@@H](C(=O)NC1CCN(Cc2ccccc2)CC1)n1cccc1. The number of carbonyl (C=O) groups excluding carboxylic acids is 1. The topological polar surface area (TPSA) is 37.3 Å². The summed E-state index contributed by atoms with van der Waals surface area (Å²) in [5, 5.41) is 3.30. The molecule has 0 aliphatic carbocycles. The fraction of sp³-hybridized carbons (Fsp3) is 0.476. The maximum atomic E-state index is 12.8. The van der Waals surface area contributed by atoms with Gasteiger partial charge in [-0.3, -0.25) is 9.69 Å². The maximum absolute atomic E-state index is 12.8. The van der Waals surface area contributed by atoms with E-state index >= 15 is 0 Å². The fourth-order valence-corrected chi connectivity index (χ4v) is 4.03. The second-order valence-corrected chi connectivity index (χ2v) is 7.96. The van der Waals surface area contributed by atoms with Crippen molar-refractivity contribution in [2.24, 2.45) is 0 Å². The summed E-state index contributed by atoms with van der Waals surface area (Å²) in [5.41, 5.74) is 1.36. The van der Waals surface area contributed by atoms with Crippen LogP contribution in [0.3, 0.4) is 0 Å². The quantitative estimate of drug-likeness (QED) is 0.771. The highest BCUT2D eigenvalue weighted by atomic mass is 32.2. The van der Waals surface area contributed by atoms with Crippen LogP contribution in [0.1, 0.15) is 30.9 Å². The Labute approximate surface area is 161 Å². The van der Waals surface area contributed by atoms with Gasteiger partial charge in [0.25, 0.3) is 0 Å². The van der Waals surface area contributed by atoms with Crippen LogP contribution in [0.2, 0.25) is 0 Å². The van der Waals surface area contributed by atoms with Crippen molar-refractivity contribution in [2.45, 2.75) is 37.9 Å². The molecule has 0 saturated carbocycles. The fourth-order valence-electron chi connectivity index (χ4n) is 3.58. The number of rotatable bonds is 8. The Morgan fingerprint density at radius 1 is 1.15 bits per heavy atom. The van der Waals surface area contributed by atoms with Gasteiger partial charge in [0, 0.05) is 38.1 Å². The van der Waals surface area contributed by atoms with E-state index in [-0.39, 0.29) is 11.9 Å². The third-order valence-corrected chi connectivity index (χ3v) is 5.71. The number of benzene rings is 1. The maximum Gasteiger partial charge on any atom is 0.243 e. The Hall–Kier alpha value is -1.72. The van der Waals surface area contributed by atoms with Gasteiger partial charge in [-0.05, 0) is 49.0 Å². The van der Waals surface area contributed by atoms with Gasteiger partial charge < -0.3 is 9.88 Å². The highest BCUT2D eigenvalue weighted by molar-refractivity contribution is 7.98. The Morgan fingerprint density at radius 3 is 2.50 bits per heavy atom. The molecule has 1 fully saturated rings. The molecule has 3 rings (SSSR count). The minimum Gasteiger partial charge on any atom is -0.351 e. The second-order valence-electron chi connectivity index (χ2n) is 6.97. The third-order valence-electron chi connectivity index (χ3n) is 5.07. The van der Waals surface area contributed by atoms with Gasteiger partial charge in [0.05, 0.1) is 0 Å². The lowest BCUT2D eigenvalue weighted by atomic mass is 10.0. The Balaban J connectivity index is 1.49. The number of likely N-dealkylation sites (tertiary alicyclic amines) is 1. The molecule has 2 heterocycles. The van der Waals surface area contributed by atoms with Crippen LogP contribution < -0.4 is 5.32 Å². The predicted octanol–water partition coefficient (Wildman–Crippen LogP) is 3.56. The lowest BCUT2D eigenvalue weighted by molar-refractivity contribution is -0.125. The van der Waals surface area contributed by atoms with Crippen LogP contribution in [0.15, 0.2) is 54.9 Å². The van der Waals surface area contributed by atoms with E-state index in [2.05, 4.69) is 46.8 Å². The molecule has 1 aliphatic rings. The first-order chi connectivity index (χ1) is 12.8. The largest absolute Gasteiger partial charge is 0.351 e. The van der Waals surface area contributed by atoms with Crippen molar-refractivity contribution in [3.8, 4) is 0 Å². The summed E-state index contributed by atoms with van der Waals surface area (Å²) in [7, 11) is 0. The molecular formula is C21H29N3OS. The summed E-state index contributed by atoms with van der Waals surface area (Å²) in [6.45, 7) is 3.08. The molecule has 1 aromatic heterocycles. The lowest BCUT2D eigenvalue weighted by Gasteiger charge is -2.33. The van der Waals surface area contributed by atoms with Crippen LogP contribution in [-0.2, 0) is 11.3 Å². The summed E-state index contributed by atoms with van der Waals surface area (Å²) in [6, 6.07) is 14.8. The summed E-state index contributed by atoms with van der Waals surface area (Å²) in [6.07, 6.45) is 9.00. The smallest absolute Gasteiger partial charge is 0.243 e. The molecule has 26 heavy (non-hydrogen) atoms. The van der Waals surface area contributed by atoms with Gasteiger partial charge in [-0.1, -0.05) is 30.3 Å². The molecule has 1 saturated heterocycles. The van der Waals surface area contributed by atoms with Crippen molar-refractivity contribution in [1.29, 1.82) is 0 Å². The van der Waals surface area contributed by atoms with Crippen LogP contribution in [0.4, 0.5) is 0 Å². The molecule has 2 aromatic rings. The standard InChI is InChI=1S/C21H29N3OS/c1-26-16-11-20(24-12-5-6-13-24)21(25)22-19-9-14-23(15-10-19)17-18-7-3-2-4-8-18/h2-8,12-13,19-20H,9-11,14-17H2,1H3,(H,22,25)/t20-/m0/s1. The van der Waals surface area contributed by atoms with E-state index in [4.69, 9.17) is 0 Å². The number of carbonyl (C=O) groups is 1. The van der Waals surface area contributed by atoms with E-state index in [0.717, 1.165) is 44.6 Å². The molecule has 4 nitrogen and oxygen atoms in total. The minimum atomic E-state index is -0.0974. The molecular weight excluding hydrogens is 342 g/mol. The number of hydrogen-bond donors (Lipinski definition) is 1. The number of nitrogens with zero attached hydrogens (tertiary/aromatic N) is 2. The van der Waals surface area contributed by atoms with Crippen molar-refractivity contribution < 1.29 is 4.79 Å². The molecule has 140 valence electrons. The molecule has 1 aliphatic heterocycles. The highest BCUT2D eigenvalue weighted by Crippen LogP contribution is 2.18. The Bertz CT molecular complexity index is 651. The highest BCUT2D eigenvalue weighted by Gasteiger charge is 2.25. The number of hydrogen-bond acceptors (Lipinski definition) is 3. The molecule has 1 N–H and O–H groups in total. The van der Waals surface area contributed by atoms with Gasteiger partial charge in [-0.2, -0.15) is 11.8 Å². The van der Waals surface area contributed by atoms with Gasteiger partial charge in [-0.15, -0.1) is 0 Å². The number of aromatic nitrogens is 1. The lowest BCUT2D eigenvalue weighted by Crippen LogP contribution is -2.46. The van der Waals surface area contributed by atoms with Crippen LogP contribution in [0, 0.1) is 0 Å². The van der Waals surface area contributed by atoms with Gasteiger partial charge in [0.15, 0.2) is 0 Å². The molecule has 5 heteroatoms. The van der Waals surface area contributed by atoms with Crippen molar-refractivity contribution >= 4 is 17.7 Å². The monoisotopic (exact) mass is 371 g/mol. The summed E-state index contributed by atoms with van der Waals surface area (Å²) in [4.78, 5) is 15.3. The number of thioether (sulfide) groups is 1. The van der Waals surface area contributed by atoms with E-state index in [0.29, 0.717) is 6.04 Å². The van der Waals surface area contributed by atoms with Crippen LogP contribution in [0.25, 0.3) is 0 Å². The van der Waals surface area contributed by atoms with Gasteiger partial charge in [0.2, 0.25) is 5.91 Å². The average molecular weight is 372 g/mol. The van der Waals surface area contributed by atoms with Crippen LogP contribution in [-0.4, -0.2) is 46.5 Å². The molecule has 0 bridgehead atoms. The molecule has 0 spiro atoms. The molecule has 0 radical (unpaired) electrons. The van der Waals surface area contributed by atoms with Crippen molar-refractivity contribution in [2.75, 3.05) is 25.1 Å². The van der Waals surface area contributed by atoms with Crippen molar-refractivity contribution in [3.63, 3.8) is 0 Å². The molecule has 1 aromatic carbocycles. The van der Waals surface area contributed by atoms with E-state index in [1.165, 1.54) is 5.56 Å². The van der Waals surface area contributed by atoms with E-state index in [1.807, 2.05) is 29.1 Å². The summed E-state index contributed by atoms with van der Waals surface area (Å²) in [5.74, 6) is 1.16. The zero-order valence-corrected chi connectivity index (χ0v) is 16.3. The third kappa shape index (κ3) is 5.39. The van der Waals surface area contributed by atoms with Gasteiger partial charge in [0.1, 0.15) is 6.04 Å². The predicted molar refractivity (Wildman–Crippen MR) is 109 cm³/mol. The van der Waals surface area contributed by atoms with Crippen LogP contribution in [0.5, 0.6) is 0 Å². The zero-order valence-electron chi connectivity index (χ0n) is 15.5. The first-order valence-corrected chi connectivity index (χ1v) is 10.8. The zero-order chi connectivity index (χ0) is 18.2. The van der Waals surface area contributed by atoms with Gasteiger partial charge in [-0.25, -0.2) is 0 Å². The summed E-state index contributed by atoms with van der Waals surface area (Å²) < 4.78 is 2.04. The second kappa shape index (κ2) is 9.83. The van der Waals surface area contributed by atoms with E-state index in [9.17, 15) is 4.79 Å². The van der Waals surface area contributed by atoms with E-state index < -0.39 is 0 Å². The Morgan fingerprint density at radius 2 is 1.85 bits per heavy atom. The van der Waals surface area contributed by atoms with Crippen molar-refractivity contribution in [3.05, 3.63) is 60.4 Å².